The molecular weight excluding hydrogens is 430 g/mol. The van der Waals surface area contributed by atoms with E-state index >= 15 is 0 Å². The Balaban J connectivity index is 1.35. The van der Waals surface area contributed by atoms with Gasteiger partial charge in [-0.25, -0.2) is 4.98 Å². The molecule has 3 heterocycles. The highest BCUT2D eigenvalue weighted by atomic mass is 32.1. The topological polar surface area (TPSA) is 82.2 Å². The highest BCUT2D eigenvalue weighted by molar-refractivity contribution is 7.13. The van der Waals surface area contributed by atoms with E-state index in [9.17, 15) is 4.79 Å². The van der Waals surface area contributed by atoms with Crippen LogP contribution in [-0.2, 0) is 20.7 Å². The number of hydrogen-bond donors (Lipinski definition) is 1. The van der Waals surface area contributed by atoms with Gasteiger partial charge in [0.15, 0.2) is 11.5 Å². The molecule has 0 spiro atoms. The smallest absolute Gasteiger partial charge is 0.226 e. The average Bonchev–Trinajstić information content (AvgIpc) is 3.52. The van der Waals surface area contributed by atoms with Crippen LogP contribution in [0.4, 0.5) is 0 Å². The maximum atomic E-state index is 12.7. The molecule has 9 heteroatoms. The van der Waals surface area contributed by atoms with Gasteiger partial charge >= 0.3 is 0 Å². The van der Waals surface area contributed by atoms with Crippen molar-refractivity contribution in [2.45, 2.75) is 18.9 Å². The van der Waals surface area contributed by atoms with Gasteiger partial charge in [-0.3, -0.25) is 9.69 Å². The molecule has 2 fully saturated rings. The van der Waals surface area contributed by atoms with Gasteiger partial charge in [-0.05, 0) is 24.6 Å². The van der Waals surface area contributed by atoms with E-state index in [0.29, 0.717) is 24.0 Å². The zero-order valence-electron chi connectivity index (χ0n) is 18.7. The summed E-state index contributed by atoms with van der Waals surface area (Å²) in [7, 11) is 3.22. The van der Waals surface area contributed by atoms with Gasteiger partial charge in [-0.1, -0.05) is 0 Å². The van der Waals surface area contributed by atoms with Crippen LogP contribution in [-0.4, -0.2) is 82.1 Å². The Bertz CT molecular complexity index is 894. The molecule has 0 saturated carbocycles. The maximum Gasteiger partial charge on any atom is 0.226 e. The van der Waals surface area contributed by atoms with Crippen LogP contribution in [0.3, 0.4) is 0 Å². The Morgan fingerprint density at radius 2 is 2.03 bits per heavy atom. The largest absolute Gasteiger partial charge is 0.493 e. The molecule has 2 unspecified atom stereocenters. The molecular formula is C23H31N3O5S. The van der Waals surface area contributed by atoms with Crippen molar-refractivity contribution in [1.29, 1.82) is 0 Å². The first kappa shape index (κ1) is 23.0. The molecule has 1 aromatic heterocycles. The fourth-order valence-electron chi connectivity index (χ4n) is 4.29. The monoisotopic (exact) mass is 461 g/mol. The predicted molar refractivity (Wildman–Crippen MR) is 122 cm³/mol. The molecule has 2 saturated heterocycles. The van der Waals surface area contributed by atoms with E-state index in [4.69, 9.17) is 18.9 Å². The Morgan fingerprint density at radius 1 is 1.22 bits per heavy atom. The quantitative estimate of drug-likeness (QED) is 0.613. The summed E-state index contributed by atoms with van der Waals surface area (Å²) in [6, 6.07) is 5.99. The van der Waals surface area contributed by atoms with Crippen molar-refractivity contribution < 1.29 is 23.7 Å². The molecule has 2 atom stereocenters. The number of carbonyl (C=O) groups excluding carboxylic acids is 1. The van der Waals surface area contributed by atoms with Crippen LogP contribution in [0.1, 0.15) is 12.1 Å². The third-order valence-corrected chi connectivity index (χ3v) is 7.00. The summed E-state index contributed by atoms with van der Waals surface area (Å²) in [5.41, 5.74) is 1.71. The van der Waals surface area contributed by atoms with Crippen LogP contribution >= 0.6 is 11.3 Å². The molecule has 0 bridgehead atoms. The number of thiazole rings is 1. The van der Waals surface area contributed by atoms with Crippen molar-refractivity contribution in [1.82, 2.24) is 15.2 Å². The molecule has 0 aliphatic carbocycles. The molecule has 2 aliphatic heterocycles. The van der Waals surface area contributed by atoms with Gasteiger partial charge in [0.2, 0.25) is 5.91 Å². The van der Waals surface area contributed by atoms with Crippen LogP contribution in [0.5, 0.6) is 11.5 Å². The Kier molecular flexibility index (Phi) is 7.96. The van der Waals surface area contributed by atoms with Crippen molar-refractivity contribution >= 4 is 17.2 Å². The number of amides is 1. The Morgan fingerprint density at radius 3 is 2.75 bits per heavy atom. The van der Waals surface area contributed by atoms with Gasteiger partial charge in [0.1, 0.15) is 5.01 Å². The van der Waals surface area contributed by atoms with Crippen molar-refractivity contribution in [3.05, 3.63) is 29.3 Å². The van der Waals surface area contributed by atoms with Gasteiger partial charge in [0, 0.05) is 49.1 Å². The molecule has 0 radical (unpaired) electrons. The van der Waals surface area contributed by atoms with Gasteiger partial charge < -0.3 is 24.3 Å². The van der Waals surface area contributed by atoms with Crippen molar-refractivity contribution in [2.75, 3.05) is 60.3 Å². The minimum atomic E-state index is -0.00802. The minimum absolute atomic E-state index is 0.00802. The van der Waals surface area contributed by atoms with Gasteiger partial charge in [0.25, 0.3) is 0 Å². The van der Waals surface area contributed by atoms with E-state index in [1.807, 2.05) is 23.6 Å². The lowest BCUT2D eigenvalue weighted by atomic mass is 9.97. The van der Waals surface area contributed by atoms with E-state index in [1.54, 1.807) is 14.2 Å². The summed E-state index contributed by atoms with van der Waals surface area (Å²) in [6.45, 7) is 5.48. The summed E-state index contributed by atoms with van der Waals surface area (Å²) < 4.78 is 21.8. The maximum absolute atomic E-state index is 12.7. The van der Waals surface area contributed by atoms with Gasteiger partial charge in [-0.2, -0.15) is 0 Å². The summed E-state index contributed by atoms with van der Waals surface area (Å²) in [4.78, 5) is 19.8. The number of nitrogens with zero attached hydrogens (tertiary/aromatic N) is 2. The number of carbonyl (C=O) groups is 1. The highest BCUT2D eigenvalue weighted by Crippen LogP contribution is 2.33. The second kappa shape index (κ2) is 11.1. The number of methoxy groups -OCH3 is 2. The fraction of sp³-hybridized carbons (Fsp3) is 0.565. The number of morpholine rings is 1. The molecule has 2 aromatic rings. The second-order valence-electron chi connectivity index (χ2n) is 8.03. The van der Waals surface area contributed by atoms with Crippen LogP contribution in [0.15, 0.2) is 23.6 Å². The fourth-order valence-corrected chi connectivity index (χ4v) is 5.11. The number of ether oxygens (including phenoxy) is 4. The van der Waals surface area contributed by atoms with Crippen LogP contribution in [0.2, 0.25) is 0 Å². The zero-order chi connectivity index (χ0) is 22.3. The molecule has 1 aromatic carbocycles. The van der Waals surface area contributed by atoms with E-state index in [1.165, 1.54) is 11.3 Å². The number of nitrogens with one attached hydrogen (secondary N) is 1. The second-order valence-corrected chi connectivity index (χ2v) is 8.89. The molecule has 1 amide bonds. The standard InChI is InChI=1S/C23H31N3O5S/c1-28-20-4-3-16(11-21(20)29-2)23-25-18(15-32-23)12-22(27)24-13-19(17-5-8-31-14-17)26-6-9-30-10-7-26/h3-4,11,15,17,19H,5-10,12-14H2,1-2H3,(H,24,27). The Hall–Kier alpha value is -2.20. The Labute approximate surface area is 192 Å². The number of aromatic nitrogens is 1. The van der Waals surface area contributed by atoms with Gasteiger partial charge in [-0.15, -0.1) is 11.3 Å². The lowest BCUT2D eigenvalue weighted by Gasteiger charge is -2.37. The number of rotatable bonds is 9. The molecule has 8 nitrogen and oxygen atoms in total. The summed E-state index contributed by atoms with van der Waals surface area (Å²) >= 11 is 1.52. The minimum Gasteiger partial charge on any atom is -0.493 e. The average molecular weight is 462 g/mol. The van der Waals surface area contributed by atoms with E-state index in [0.717, 1.165) is 62.2 Å². The van der Waals surface area contributed by atoms with E-state index in [-0.39, 0.29) is 18.4 Å². The van der Waals surface area contributed by atoms with E-state index in [2.05, 4.69) is 15.2 Å². The highest BCUT2D eigenvalue weighted by Gasteiger charge is 2.31. The predicted octanol–water partition coefficient (Wildman–Crippen LogP) is 2.22. The number of benzene rings is 1. The third-order valence-electron chi connectivity index (χ3n) is 6.06. The zero-order valence-corrected chi connectivity index (χ0v) is 19.5. The van der Waals surface area contributed by atoms with Crippen molar-refractivity contribution in [3.63, 3.8) is 0 Å². The SMILES string of the molecule is COc1ccc(-c2nc(CC(=O)NCC(C3CCOC3)N3CCOCC3)cs2)cc1OC. The van der Waals surface area contributed by atoms with Crippen molar-refractivity contribution in [2.24, 2.45) is 5.92 Å². The molecule has 2 aliphatic rings. The first-order chi connectivity index (χ1) is 15.7. The van der Waals surface area contributed by atoms with Crippen LogP contribution < -0.4 is 14.8 Å². The molecule has 1 N–H and O–H groups in total. The summed E-state index contributed by atoms with van der Waals surface area (Å²) in [5, 5.41) is 5.93. The lowest BCUT2D eigenvalue weighted by Crippen LogP contribution is -2.52. The van der Waals surface area contributed by atoms with Crippen molar-refractivity contribution in [3.8, 4) is 22.1 Å². The summed E-state index contributed by atoms with van der Waals surface area (Å²) in [5.74, 6) is 1.77. The van der Waals surface area contributed by atoms with Gasteiger partial charge in [0.05, 0.1) is 46.2 Å². The first-order valence-electron chi connectivity index (χ1n) is 11.0. The molecule has 174 valence electrons. The lowest BCUT2D eigenvalue weighted by molar-refractivity contribution is -0.121. The van der Waals surface area contributed by atoms with E-state index < -0.39 is 0 Å². The van der Waals surface area contributed by atoms with Crippen LogP contribution in [0.25, 0.3) is 10.6 Å². The first-order valence-corrected chi connectivity index (χ1v) is 11.9. The third kappa shape index (κ3) is 5.58. The molecule has 4 rings (SSSR count). The normalized spacial score (nSPS) is 20.1. The molecule has 32 heavy (non-hydrogen) atoms. The van der Waals surface area contributed by atoms with Crippen LogP contribution in [0, 0.1) is 5.92 Å². The number of hydrogen-bond acceptors (Lipinski definition) is 8. The summed E-state index contributed by atoms with van der Waals surface area (Å²) in [6.07, 6.45) is 1.31.